The molecule has 0 aliphatic rings. The van der Waals surface area contributed by atoms with Gasteiger partial charge in [0.15, 0.2) is 11.5 Å². The maximum absolute atomic E-state index is 12.8. The van der Waals surface area contributed by atoms with Crippen molar-refractivity contribution in [3.63, 3.8) is 0 Å². The molecular formula is C15H13FN4O. The van der Waals surface area contributed by atoms with Gasteiger partial charge in [0.1, 0.15) is 5.82 Å². The Balaban J connectivity index is 1.75. The second kappa shape index (κ2) is 5.32. The standard InChI is InChI=1S/C15H13FN4O/c1-9-2-7-12-14(17-9)19-20-15(12)18-13(21)8-10-3-5-11(16)6-4-10/h2-7H,8H2,1H3,(H2,17,18,19,20,21). The van der Waals surface area contributed by atoms with E-state index in [1.807, 2.05) is 19.1 Å². The highest BCUT2D eigenvalue weighted by Gasteiger charge is 2.10. The van der Waals surface area contributed by atoms with Gasteiger partial charge < -0.3 is 5.32 Å². The van der Waals surface area contributed by atoms with Gasteiger partial charge in [-0.25, -0.2) is 9.37 Å². The van der Waals surface area contributed by atoms with Crippen molar-refractivity contribution in [3.05, 3.63) is 53.5 Å². The van der Waals surface area contributed by atoms with Crippen LogP contribution < -0.4 is 5.32 Å². The quantitative estimate of drug-likeness (QED) is 0.776. The summed E-state index contributed by atoms with van der Waals surface area (Å²) < 4.78 is 12.8. The maximum Gasteiger partial charge on any atom is 0.230 e. The van der Waals surface area contributed by atoms with Crippen LogP contribution in [-0.2, 0) is 11.2 Å². The minimum atomic E-state index is -0.320. The average molecular weight is 284 g/mol. The third-order valence-corrected chi connectivity index (χ3v) is 3.10. The molecule has 0 atom stereocenters. The van der Waals surface area contributed by atoms with Crippen LogP contribution in [0.25, 0.3) is 11.0 Å². The number of aryl methyl sites for hydroxylation is 1. The van der Waals surface area contributed by atoms with E-state index < -0.39 is 0 Å². The number of fused-ring (bicyclic) bond motifs is 1. The first-order valence-electron chi connectivity index (χ1n) is 6.48. The van der Waals surface area contributed by atoms with E-state index in [1.165, 1.54) is 12.1 Å². The Morgan fingerprint density at radius 1 is 1.24 bits per heavy atom. The molecule has 0 aliphatic heterocycles. The predicted octanol–water partition coefficient (Wildman–Crippen LogP) is 2.59. The van der Waals surface area contributed by atoms with Gasteiger partial charge in [-0.15, -0.1) is 0 Å². The monoisotopic (exact) mass is 284 g/mol. The number of nitrogens with one attached hydrogen (secondary N) is 2. The first-order valence-corrected chi connectivity index (χ1v) is 6.48. The number of amides is 1. The molecule has 2 aromatic heterocycles. The molecule has 0 fully saturated rings. The molecule has 6 heteroatoms. The van der Waals surface area contributed by atoms with Crippen LogP contribution in [0.1, 0.15) is 11.3 Å². The van der Waals surface area contributed by atoms with Crippen LogP contribution in [-0.4, -0.2) is 21.1 Å². The van der Waals surface area contributed by atoms with Crippen LogP contribution in [0.2, 0.25) is 0 Å². The van der Waals surface area contributed by atoms with E-state index in [-0.39, 0.29) is 18.1 Å². The fourth-order valence-electron chi connectivity index (χ4n) is 2.06. The van der Waals surface area contributed by atoms with Crippen molar-refractivity contribution in [1.29, 1.82) is 0 Å². The van der Waals surface area contributed by atoms with Gasteiger partial charge in [0.2, 0.25) is 5.91 Å². The number of pyridine rings is 1. The smallest absolute Gasteiger partial charge is 0.230 e. The van der Waals surface area contributed by atoms with Crippen LogP contribution in [0.15, 0.2) is 36.4 Å². The normalized spacial score (nSPS) is 10.8. The number of anilines is 1. The van der Waals surface area contributed by atoms with E-state index in [0.717, 1.165) is 16.6 Å². The summed E-state index contributed by atoms with van der Waals surface area (Å²) in [7, 11) is 0. The number of carbonyl (C=O) groups excluding carboxylic acids is 1. The number of halogens is 1. The zero-order valence-corrected chi connectivity index (χ0v) is 11.4. The van der Waals surface area contributed by atoms with E-state index in [2.05, 4.69) is 20.5 Å². The van der Waals surface area contributed by atoms with Gasteiger partial charge in [0.05, 0.1) is 11.8 Å². The molecule has 0 aliphatic carbocycles. The number of H-pyrrole nitrogens is 1. The number of aromatic amines is 1. The van der Waals surface area contributed by atoms with E-state index in [1.54, 1.807) is 12.1 Å². The Morgan fingerprint density at radius 2 is 2.00 bits per heavy atom. The van der Waals surface area contributed by atoms with Crippen LogP contribution in [0.3, 0.4) is 0 Å². The molecule has 106 valence electrons. The number of aromatic nitrogens is 3. The zero-order chi connectivity index (χ0) is 14.8. The van der Waals surface area contributed by atoms with Crippen molar-refractivity contribution in [1.82, 2.24) is 15.2 Å². The topological polar surface area (TPSA) is 70.7 Å². The Hall–Kier alpha value is -2.76. The van der Waals surface area contributed by atoms with Crippen LogP contribution in [0, 0.1) is 12.7 Å². The predicted molar refractivity (Wildman–Crippen MR) is 77.4 cm³/mol. The number of nitrogens with zero attached hydrogens (tertiary/aromatic N) is 2. The van der Waals surface area contributed by atoms with Gasteiger partial charge >= 0.3 is 0 Å². The van der Waals surface area contributed by atoms with Gasteiger partial charge in [0.25, 0.3) is 0 Å². The highest BCUT2D eigenvalue weighted by atomic mass is 19.1. The lowest BCUT2D eigenvalue weighted by atomic mass is 10.1. The molecule has 0 radical (unpaired) electrons. The minimum Gasteiger partial charge on any atom is -0.308 e. The Morgan fingerprint density at radius 3 is 2.76 bits per heavy atom. The van der Waals surface area contributed by atoms with E-state index >= 15 is 0 Å². The number of hydrogen-bond donors (Lipinski definition) is 2. The number of rotatable bonds is 3. The highest BCUT2D eigenvalue weighted by Crippen LogP contribution is 2.19. The highest BCUT2D eigenvalue weighted by molar-refractivity contribution is 5.99. The molecule has 21 heavy (non-hydrogen) atoms. The SMILES string of the molecule is Cc1ccc2c(NC(=O)Cc3ccc(F)cc3)n[nH]c2n1. The van der Waals surface area contributed by atoms with Crippen LogP contribution >= 0.6 is 0 Å². The Labute approximate surface area is 120 Å². The number of carbonyl (C=O) groups is 1. The molecule has 3 rings (SSSR count). The summed E-state index contributed by atoms with van der Waals surface area (Å²) in [5.74, 6) is -0.0842. The summed E-state index contributed by atoms with van der Waals surface area (Å²) in [5, 5.41) is 10.3. The first-order chi connectivity index (χ1) is 10.1. The summed E-state index contributed by atoms with van der Waals surface area (Å²) in [5.41, 5.74) is 2.24. The molecule has 1 amide bonds. The molecular weight excluding hydrogens is 271 g/mol. The van der Waals surface area contributed by atoms with E-state index in [4.69, 9.17) is 0 Å². The van der Waals surface area contributed by atoms with Crippen molar-refractivity contribution in [3.8, 4) is 0 Å². The number of benzene rings is 1. The average Bonchev–Trinajstić information content (AvgIpc) is 2.83. The lowest BCUT2D eigenvalue weighted by Gasteiger charge is -2.03. The summed E-state index contributed by atoms with van der Waals surface area (Å²) in [4.78, 5) is 16.3. The fraction of sp³-hybridized carbons (Fsp3) is 0.133. The molecule has 2 heterocycles. The molecule has 0 saturated heterocycles. The second-order valence-corrected chi connectivity index (χ2v) is 4.77. The maximum atomic E-state index is 12.8. The second-order valence-electron chi connectivity index (χ2n) is 4.77. The first kappa shape index (κ1) is 13.2. The summed E-state index contributed by atoms with van der Waals surface area (Å²) >= 11 is 0. The largest absolute Gasteiger partial charge is 0.308 e. The summed E-state index contributed by atoms with van der Waals surface area (Å²) in [6.07, 6.45) is 0.161. The molecule has 2 N–H and O–H groups in total. The van der Waals surface area contributed by atoms with Gasteiger partial charge in [-0.3, -0.25) is 9.89 Å². The van der Waals surface area contributed by atoms with Crippen molar-refractivity contribution in [2.75, 3.05) is 5.32 Å². The Kier molecular flexibility index (Phi) is 3.35. The van der Waals surface area contributed by atoms with Gasteiger partial charge in [-0.05, 0) is 36.8 Å². The Bertz CT molecular complexity index is 795. The van der Waals surface area contributed by atoms with Gasteiger partial charge in [-0.1, -0.05) is 12.1 Å². The molecule has 5 nitrogen and oxygen atoms in total. The molecule has 1 aromatic carbocycles. The lowest BCUT2D eigenvalue weighted by molar-refractivity contribution is -0.115. The minimum absolute atomic E-state index is 0.161. The summed E-state index contributed by atoms with van der Waals surface area (Å²) in [6.45, 7) is 1.88. The lowest BCUT2D eigenvalue weighted by Crippen LogP contribution is -2.14. The molecule has 0 unspecified atom stereocenters. The summed E-state index contributed by atoms with van der Waals surface area (Å²) in [6, 6.07) is 9.55. The fourth-order valence-corrected chi connectivity index (χ4v) is 2.06. The van der Waals surface area contributed by atoms with Crippen molar-refractivity contribution >= 4 is 22.8 Å². The van der Waals surface area contributed by atoms with Crippen LogP contribution in [0.5, 0.6) is 0 Å². The van der Waals surface area contributed by atoms with Crippen molar-refractivity contribution in [2.24, 2.45) is 0 Å². The zero-order valence-electron chi connectivity index (χ0n) is 11.4. The number of hydrogen-bond acceptors (Lipinski definition) is 3. The van der Waals surface area contributed by atoms with Gasteiger partial charge in [-0.2, -0.15) is 5.10 Å². The molecule has 0 bridgehead atoms. The molecule has 0 saturated carbocycles. The van der Waals surface area contributed by atoms with E-state index in [0.29, 0.717) is 11.5 Å². The third-order valence-electron chi connectivity index (χ3n) is 3.10. The molecule has 3 aromatic rings. The molecule has 0 spiro atoms. The van der Waals surface area contributed by atoms with Crippen LogP contribution in [0.4, 0.5) is 10.2 Å². The van der Waals surface area contributed by atoms with Crippen molar-refractivity contribution < 1.29 is 9.18 Å². The third kappa shape index (κ3) is 2.89. The van der Waals surface area contributed by atoms with Crippen molar-refractivity contribution in [2.45, 2.75) is 13.3 Å². The van der Waals surface area contributed by atoms with E-state index in [9.17, 15) is 9.18 Å². The van der Waals surface area contributed by atoms with Gasteiger partial charge in [0, 0.05) is 5.69 Å².